The third kappa shape index (κ3) is 9.66. The number of benzene rings is 1. The van der Waals surface area contributed by atoms with E-state index in [0.29, 0.717) is 12.5 Å². The minimum atomic E-state index is 0. The van der Waals surface area contributed by atoms with Crippen molar-refractivity contribution in [1.29, 1.82) is 0 Å². The molecule has 0 aliphatic carbocycles. The average Bonchev–Trinajstić information content (AvgIpc) is 2.69. The molecular formula is C21H36IN5O2. The molecule has 0 atom stereocenters. The molecule has 1 N–H and O–H groups in total. The summed E-state index contributed by atoms with van der Waals surface area (Å²) in [6.45, 7) is 10.7. The van der Waals surface area contributed by atoms with Crippen molar-refractivity contribution in [1.82, 2.24) is 20.0 Å². The molecule has 1 fully saturated rings. The third-order valence-corrected chi connectivity index (χ3v) is 4.62. The number of nitrogens with one attached hydrogen (secondary N) is 1. The first-order valence-electron chi connectivity index (χ1n) is 10.1. The topological polar surface area (TPSA) is 60.4 Å². The maximum Gasteiger partial charge on any atom is 0.243 e. The molecule has 7 nitrogen and oxygen atoms in total. The molecule has 29 heavy (non-hydrogen) atoms. The first kappa shape index (κ1) is 25.5. The number of piperazine rings is 1. The Balaban J connectivity index is 0.00000420. The lowest BCUT2D eigenvalue weighted by atomic mass is 10.2. The summed E-state index contributed by atoms with van der Waals surface area (Å²) in [6.07, 6.45) is 0. The van der Waals surface area contributed by atoms with E-state index in [-0.39, 0.29) is 36.4 Å². The van der Waals surface area contributed by atoms with E-state index in [4.69, 9.17) is 4.74 Å². The molecule has 0 unspecified atom stereocenters. The van der Waals surface area contributed by atoms with Gasteiger partial charge in [-0.25, -0.2) is 4.99 Å². The van der Waals surface area contributed by atoms with Crippen LogP contribution in [0.2, 0.25) is 0 Å². The van der Waals surface area contributed by atoms with Crippen LogP contribution in [0.4, 0.5) is 0 Å². The minimum Gasteiger partial charge on any atom is -0.492 e. The van der Waals surface area contributed by atoms with Gasteiger partial charge >= 0.3 is 0 Å². The lowest BCUT2D eigenvalue weighted by Crippen LogP contribution is -2.53. The largest absolute Gasteiger partial charge is 0.492 e. The molecule has 1 aliphatic rings. The van der Waals surface area contributed by atoms with Crippen LogP contribution < -0.4 is 10.1 Å². The Morgan fingerprint density at radius 2 is 1.83 bits per heavy atom. The van der Waals surface area contributed by atoms with Gasteiger partial charge in [-0.05, 0) is 18.1 Å². The number of carbonyl (C=O) groups is 1. The normalized spacial score (nSPS) is 15.1. The van der Waals surface area contributed by atoms with Gasteiger partial charge in [0.2, 0.25) is 5.91 Å². The number of carbonyl (C=O) groups excluding carboxylic acids is 1. The predicted molar refractivity (Wildman–Crippen MR) is 129 cm³/mol. The van der Waals surface area contributed by atoms with E-state index in [1.165, 1.54) is 0 Å². The monoisotopic (exact) mass is 517 g/mol. The molecule has 1 saturated heterocycles. The van der Waals surface area contributed by atoms with Crippen molar-refractivity contribution in [2.24, 2.45) is 10.9 Å². The zero-order chi connectivity index (χ0) is 20.4. The van der Waals surface area contributed by atoms with Gasteiger partial charge in [-0.3, -0.25) is 9.69 Å². The van der Waals surface area contributed by atoms with Crippen molar-refractivity contribution in [2.45, 2.75) is 13.8 Å². The fourth-order valence-electron chi connectivity index (χ4n) is 2.84. The van der Waals surface area contributed by atoms with Crippen molar-refractivity contribution in [3.63, 3.8) is 0 Å². The van der Waals surface area contributed by atoms with E-state index in [2.05, 4.69) is 34.0 Å². The number of nitrogens with zero attached hydrogens (tertiary/aromatic N) is 4. The van der Waals surface area contributed by atoms with Crippen molar-refractivity contribution in [2.75, 3.05) is 66.5 Å². The second kappa shape index (κ2) is 13.6. The molecule has 0 aromatic heterocycles. The number of hydrogen-bond donors (Lipinski definition) is 1. The van der Waals surface area contributed by atoms with Gasteiger partial charge in [0.1, 0.15) is 18.9 Å². The number of ether oxygens (including phenoxy) is 1. The van der Waals surface area contributed by atoms with Gasteiger partial charge in [-0.2, -0.15) is 0 Å². The molecule has 0 spiro atoms. The van der Waals surface area contributed by atoms with E-state index in [0.717, 1.165) is 51.0 Å². The third-order valence-electron chi connectivity index (χ3n) is 4.62. The van der Waals surface area contributed by atoms with E-state index >= 15 is 0 Å². The summed E-state index contributed by atoms with van der Waals surface area (Å²) < 4.78 is 5.80. The van der Waals surface area contributed by atoms with E-state index in [1.54, 1.807) is 19.0 Å². The second-order valence-corrected chi connectivity index (χ2v) is 7.69. The van der Waals surface area contributed by atoms with Gasteiger partial charge < -0.3 is 19.9 Å². The summed E-state index contributed by atoms with van der Waals surface area (Å²) >= 11 is 0. The Bertz CT molecular complexity index is 617. The molecule has 0 bridgehead atoms. The van der Waals surface area contributed by atoms with Gasteiger partial charge in [0.15, 0.2) is 5.96 Å². The molecule has 8 heteroatoms. The quantitative estimate of drug-likeness (QED) is 0.325. The number of halogens is 1. The summed E-state index contributed by atoms with van der Waals surface area (Å²) in [5.41, 5.74) is 0. The maximum atomic E-state index is 11.9. The highest BCUT2D eigenvalue weighted by Gasteiger charge is 2.20. The molecule has 0 radical (unpaired) electrons. The zero-order valence-electron chi connectivity index (χ0n) is 18.1. The number of aliphatic imine (C=N–C) groups is 1. The lowest BCUT2D eigenvalue weighted by Gasteiger charge is -2.36. The number of guanidine groups is 1. The van der Waals surface area contributed by atoms with Crippen LogP contribution in [0.15, 0.2) is 35.3 Å². The summed E-state index contributed by atoms with van der Waals surface area (Å²) in [4.78, 5) is 22.7. The molecule has 0 saturated carbocycles. The number of para-hydroxylation sites is 1. The van der Waals surface area contributed by atoms with Gasteiger partial charge in [-0.1, -0.05) is 32.0 Å². The first-order valence-corrected chi connectivity index (χ1v) is 10.1. The van der Waals surface area contributed by atoms with Crippen LogP contribution in [-0.4, -0.2) is 93.1 Å². The summed E-state index contributed by atoms with van der Waals surface area (Å²) in [7, 11) is 3.52. The van der Waals surface area contributed by atoms with Crippen LogP contribution in [0.1, 0.15) is 13.8 Å². The summed E-state index contributed by atoms with van der Waals surface area (Å²) in [5, 5.41) is 3.42. The van der Waals surface area contributed by atoms with E-state index in [9.17, 15) is 4.79 Å². The van der Waals surface area contributed by atoms with Crippen molar-refractivity contribution >= 4 is 35.8 Å². The summed E-state index contributed by atoms with van der Waals surface area (Å²) in [6, 6.07) is 9.93. The molecule has 1 aromatic carbocycles. The molecule has 2 rings (SSSR count). The Hall–Kier alpha value is -1.55. The highest BCUT2D eigenvalue weighted by atomic mass is 127. The van der Waals surface area contributed by atoms with Gasteiger partial charge in [0, 0.05) is 53.4 Å². The number of likely N-dealkylation sites (N-methyl/N-ethyl adjacent to an activating group) is 1. The standard InChI is InChI=1S/C21H35N5O2.HI/c1-18(2)16-22-21(23-17-20(27)24(3)4)26-12-10-25(11-13-26)14-15-28-19-8-6-5-7-9-19;/h5-9,18H,10-17H2,1-4H3,(H,22,23);1H. The zero-order valence-corrected chi connectivity index (χ0v) is 20.5. The second-order valence-electron chi connectivity index (χ2n) is 7.69. The Morgan fingerprint density at radius 1 is 1.17 bits per heavy atom. The minimum absolute atomic E-state index is 0. The predicted octanol–water partition coefficient (Wildman–Crippen LogP) is 1.99. The van der Waals surface area contributed by atoms with Gasteiger partial charge in [-0.15, -0.1) is 24.0 Å². The van der Waals surface area contributed by atoms with Gasteiger partial charge in [0.25, 0.3) is 0 Å². The smallest absolute Gasteiger partial charge is 0.243 e. The van der Waals surface area contributed by atoms with Crippen LogP contribution in [0, 0.1) is 5.92 Å². The molecule has 164 valence electrons. The van der Waals surface area contributed by atoms with Gasteiger partial charge in [0.05, 0.1) is 0 Å². The summed E-state index contributed by atoms with van der Waals surface area (Å²) in [5.74, 6) is 2.29. The Labute approximate surface area is 192 Å². The van der Waals surface area contributed by atoms with Crippen molar-refractivity contribution in [3.05, 3.63) is 30.3 Å². The van der Waals surface area contributed by atoms with Crippen molar-refractivity contribution < 1.29 is 9.53 Å². The molecular weight excluding hydrogens is 481 g/mol. The Kier molecular flexibility index (Phi) is 12.0. The maximum absolute atomic E-state index is 11.9. The average molecular weight is 517 g/mol. The number of amides is 1. The first-order chi connectivity index (χ1) is 13.5. The number of hydrogen-bond acceptors (Lipinski definition) is 4. The molecule has 1 aromatic rings. The van der Waals surface area contributed by atoms with Crippen LogP contribution in [-0.2, 0) is 4.79 Å². The highest BCUT2D eigenvalue weighted by molar-refractivity contribution is 14.0. The van der Waals surface area contributed by atoms with Crippen LogP contribution in [0.25, 0.3) is 0 Å². The molecule has 1 heterocycles. The van der Waals surface area contributed by atoms with E-state index < -0.39 is 0 Å². The van der Waals surface area contributed by atoms with Crippen molar-refractivity contribution in [3.8, 4) is 5.75 Å². The fourth-order valence-corrected chi connectivity index (χ4v) is 2.84. The molecule has 1 aliphatic heterocycles. The molecule has 1 amide bonds. The Morgan fingerprint density at radius 3 is 2.41 bits per heavy atom. The van der Waals surface area contributed by atoms with Crippen LogP contribution in [0.5, 0.6) is 5.75 Å². The van der Waals surface area contributed by atoms with E-state index in [1.807, 2.05) is 30.3 Å². The lowest BCUT2D eigenvalue weighted by molar-refractivity contribution is -0.127. The van der Waals surface area contributed by atoms with Crippen LogP contribution >= 0.6 is 24.0 Å². The van der Waals surface area contributed by atoms with Crippen LogP contribution in [0.3, 0.4) is 0 Å². The highest BCUT2D eigenvalue weighted by Crippen LogP contribution is 2.09. The number of rotatable bonds is 8. The fraction of sp³-hybridized carbons (Fsp3) is 0.619. The SMILES string of the molecule is CC(C)CNC(=NCC(=O)N(C)C)N1CCN(CCOc2ccccc2)CC1.I.